The first-order valence-corrected chi connectivity index (χ1v) is 7.89. The van der Waals surface area contributed by atoms with E-state index in [-0.39, 0.29) is 0 Å². The Balaban J connectivity index is 2.99. The molecule has 0 radical (unpaired) electrons. The Morgan fingerprint density at radius 2 is 1.63 bits per heavy atom. The summed E-state index contributed by atoms with van der Waals surface area (Å²) in [6.07, 6.45) is 4.79. The molecule has 0 spiro atoms. The highest BCUT2D eigenvalue weighted by atomic mass is 16.6. The number of hydrogen-bond donors (Lipinski definition) is 1. The van der Waals surface area contributed by atoms with Gasteiger partial charge in [0.1, 0.15) is 11.4 Å². The Hall–Kier alpha value is -4.55. The molecule has 13 heteroatoms. The number of esters is 2. The van der Waals surface area contributed by atoms with Gasteiger partial charge < -0.3 is 19.5 Å². The Morgan fingerprint density at radius 1 is 1.00 bits per heavy atom. The monoisotopic (exact) mass is 419 g/mol. The first-order valence-electron chi connectivity index (χ1n) is 7.89. The maximum absolute atomic E-state index is 12.4. The lowest BCUT2D eigenvalue weighted by Gasteiger charge is -2.24. The van der Waals surface area contributed by atoms with E-state index < -0.39 is 61.7 Å². The van der Waals surface area contributed by atoms with Gasteiger partial charge in [-0.2, -0.15) is 0 Å². The number of non-ortho nitro benzene ring substituents is 1. The van der Waals surface area contributed by atoms with E-state index in [0.29, 0.717) is 12.1 Å². The molecular weight excluding hydrogens is 406 g/mol. The quantitative estimate of drug-likeness (QED) is 0.402. The van der Waals surface area contributed by atoms with Crippen LogP contribution in [0.4, 0.5) is 17.1 Å². The fourth-order valence-electron chi connectivity index (χ4n) is 2.60. The number of benzene rings is 1. The highest BCUT2D eigenvalue weighted by Gasteiger charge is 2.36. The number of carbonyl (C=O) groups is 3. The summed E-state index contributed by atoms with van der Waals surface area (Å²) in [5, 5.41) is 32.3. The summed E-state index contributed by atoms with van der Waals surface area (Å²) in [6.45, 7) is 0. The summed E-state index contributed by atoms with van der Waals surface area (Å²) >= 11 is 0. The number of anilines is 1. The number of rotatable bonds is 6. The van der Waals surface area contributed by atoms with E-state index >= 15 is 0 Å². The van der Waals surface area contributed by atoms with E-state index in [4.69, 9.17) is 0 Å². The maximum atomic E-state index is 12.4. The smallest absolute Gasteiger partial charge is 0.355 e. The predicted octanol–water partition coefficient (Wildman–Crippen LogP) is 1.69. The molecule has 0 bridgehead atoms. The number of nitro benzene ring substituents is 2. The number of carboxylic acids is 1. The lowest BCUT2D eigenvalue weighted by Crippen LogP contribution is -2.28. The van der Waals surface area contributed by atoms with Gasteiger partial charge in [-0.15, -0.1) is 0 Å². The molecular formula is C17H13N3O10. The Kier molecular flexibility index (Phi) is 6.26. The third-order valence-electron chi connectivity index (χ3n) is 3.84. The summed E-state index contributed by atoms with van der Waals surface area (Å²) in [4.78, 5) is 57.8. The molecule has 1 aromatic carbocycles. The van der Waals surface area contributed by atoms with Gasteiger partial charge in [0.2, 0.25) is 0 Å². The van der Waals surface area contributed by atoms with E-state index in [2.05, 4.69) is 9.47 Å². The summed E-state index contributed by atoms with van der Waals surface area (Å²) < 4.78 is 9.26. The number of aromatic carboxylic acids is 1. The Bertz CT molecular complexity index is 1020. The zero-order valence-corrected chi connectivity index (χ0v) is 15.4. The van der Waals surface area contributed by atoms with Crippen LogP contribution >= 0.6 is 0 Å². The number of carboxylic acid groups (broad SMARTS) is 1. The molecule has 156 valence electrons. The average molecular weight is 419 g/mol. The van der Waals surface area contributed by atoms with Crippen LogP contribution in [0.15, 0.2) is 47.8 Å². The van der Waals surface area contributed by atoms with Crippen molar-refractivity contribution in [3.8, 4) is 0 Å². The third kappa shape index (κ3) is 3.99. The molecule has 13 nitrogen and oxygen atoms in total. The van der Waals surface area contributed by atoms with Crippen molar-refractivity contribution in [1.29, 1.82) is 0 Å². The van der Waals surface area contributed by atoms with E-state index in [0.717, 1.165) is 31.4 Å². The van der Waals surface area contributed by atoms with Crippen LogP contribution in [-0.2, 0) is 19.1 Å². The van der Waals surface area contributed by atoms with Crippen LogP contribution in [0.1, 0.15) is 10.4 Å². The van der Waals surface area contributed by atoms with Crippen LogP contribution < -0.4 is 4.90 Å². The topological polar surface area (TPSA) is 179 Å². The van der Waals surface area contributed by atoms with Crippen molar-refractivity contribution in [3.63, 3.8) is 0 Å². The van der Waals surface area contributed by atoms with Gasteiger partial charge in [-0.1, -0.05) is 6.08 Å². The summed E-state index contributed by atoms with van der Waals surface area (Å²) in [7, 11) is 2.00. The predicted molar refractivity (Wildman–Crippen MR) is 98.5 cm³/mol. The highest BCUT2D eigenvalue weighted by Crippen LogP contribution is 2.39. The number of hydrogen-bond acceptors (Lipinski definition) is 10. The van der Waals surface area contributed by atoms with Crippen molar-refractivity contribution < 1.29 is 38.8 Å². The minimum Gasteiger partial charge on any atom is -0.478 e. The van der Waals surface area contributed by atoms with Crippen molar-refractivity contribution in [2.45, 2.75) is 0 Å². The van der Waals surface area contributed by atoms with Crippen molar-refractivity contribution in [3.05, 3.63) is 73.6 Å². The molecule has 2 rings (SSSR count). The van der Waals surface area contributed by atoms with Crippen molar-refractivity contribution in [2.75, 3.05) is 19.1 Å². The van der Waals surface area contributed by atoms with Gasteiger partial charge in [-0.25, -0.2) is 14.4 Å². The molecule has 0 aromatic heterocycles. The maximum Gasteiger partial charge on any atom is 0.355 e. The van der Waals surface area contributed by atoms with Gasteiger partial charge in [0.25, 0.3) is 5.69 Å². The molecule has 1 aliphatic heterocycles. The van der Waals surface area contributed by atoms with Gasteiger partial charge in [0.15, 0.2) is 0 Å². The minimum atomic E-state index is -1.74. The molecule has 0 saturated heterocycles. The molecule has 0 fully saturated rings. The fourth-order valence-corrected chi connectivity index (χ4v) is 2.60. The highest BCUT2D eigenvalue weighted by molar-refractivity contribution is 6.08. The zero-order chi connectivity index (χ0) is 22.6. The SMILES string of the molecule is COC(=O)C1=C(C(=O)OC)N(c2c(C(=O)O)cc([N+](=O)[O-])cc2[N+](=O)[O-])C=CC=C1. The summed E-state index contributed by atoms with van der Waals surface area (Å²) in [5.41, 5.74) is -4.37. The van der Waals surface area contributed by atoms with Gasteiger partial charge in [-0.3, -0.25) is 20.2 Å². The van der Waals surface area contributed by atoms with Crippen LogP contribution in [-0.4, -0.2) is 47.1 Å². The Labute approximate surface area is 167 Å². The normalized spacial score (nSPS) is 12.9. The number of ether oxygens (including phenoxy) is 2. The molecule has 1 aliphatic rings. The van der Waals surface area contributed by atoms with Crippen molar-refractivity contribution in [1.82, 2.24) is 0 Å². The molecule has 1 N–H and O–H groups in total. The number of nitro groups is 2. The second-order valence-electron chi connectivity index (χ2n) is 5.50. The molecule has 30 heavy (non-hydrogen) atoms. The van der Waals surface area contributed by atoms with Gasteiger partial charge in [0, 0.05) is 12.3 Å². The van der Waals surface area contributed by atoms with E-state index in [1.807, 2.05) is 0 Å². The second kappa shape index (κ2) is 8.64. The standard InChI is InChI=1S/C17H13N3O10/c1-29-16(23)10-5-3-4-6-18(14(10)17(24)30-2)13-11(15(21)22)7-9(19(25)26)8-12(13)20(27)28/h3-8H,1-2H3,(H,21,22). The molecule has 0 atom stereocenters. The molecule has 0 aliphatic carbocycles. The first-order chi connectivity index (χ1) is 14.1. The van der Waals surface area contributed by atoms with E-state index in [9.17, 15) is 39.7 Å². The molecule has 0 saturated carbocycles. The van der Waals surface area contributed by atoms with Crippen LogP contribution in [0, 0.1) is 20.2 Å². The molecule has 0 amide bonds. The van der Waals surface area contributed by atoms with Crippen molar-refractivity contribution in [2.24, 2.45) is 0 Å². The molecule has 0 unspecified atom stereocenters. The number of carbonyl (C=O) groups excluding carboxylic acids is 2. The number of nitrogens with zero attached hydrogens (tertiary/aromatic N) is 3. The van der Waals surface area contributed by atoms with Crippen LogP contribution in [0.25, 0.3) is 0 Å². The van der Waals surface area contributed by atoms with Crippen LogP contribution in [0.2, 0.25) is 0 Å². The summed E-state index contributed by atoms with van der Waals surface area (Å²) in [5.74, 6) is -3.90. The largest absolute Gasteiger partial charge is 0.478 e. The van der Waals surface area contributed by atoms with Gasteiger partial charge in [-0.05, 0) is 12.2 Å². The average Bonchev–Trinajstić information content (AvgIpc) is 2.94. The minimum absolute atomic E-state index is 0.390. The van der Waals surface area contributed by atoms with E-state index in [1.54, 1.807) is 0 Å². The zero-order valence-electron chi connectivity index (χ0n) is 15.4. The number of methoxy groups -OCH3 is 2. The van der Waals surface area contributed by atoms with Gasteiger partial charge in [0.05, 0.1) is 41.3 Å². The fraction of sp³-hybridized carbons (Fsp3) is 0.118. The lowest BCUT2D eigenvalue weighted by molar-refractivity contribution is -0.393. The summed E-state index contributed by atoms with van der Waals surface area (Å²) in [6, 6.07) is 1.14. The van der Waals surface area contributed by atoms with E-state index in [1.165, 1.54) is 12.2 Å². The lowest BCUT2D eigenvalue weighted by atomic mass is 10.1. The third-order valence-corrected chi connectivity index (χ3v) is 3.84. The second-order valence-corrected chi connectivity index (χ2v) is 5.50. The first kappa shape index (κ1) is 21.7. The van der Waals surface area contributed by atoms with Gasteiger partial charge >= 0.3 is 23.6 Å². The molecule has 1 aromatic rings. The number of allylic oxidation sites excluding steroid dienone is 2. The molecule has 1 heterocycles. The van der Waals surface area contributed by atoms with Crippen molar-refractivity contribution >= 4 is 35.0 Å². The Morgan fingerprint density at radius 3 is 2.13 bits per heavy atom. The van der Waals surface area contributed by atoms with Crippen LogP contribution in [0.5, 0.6) is 0 Å². The van der Waals surface area contributed by atoms with Crippen LogP contribution in [0.3, 0.4) is 0 Å².